The van der Waals surface area contributed by atoms with Gasteiger partial charge in [0.15, 0.2) is 0 Å². The molecule has 12 nitrogen and oxygen atoms in total. The van der Waals surface area contributed by atoms with E-state index in [1.54, 1.807) is 28.4 Å². The number of hydrogen-bond donors (Lipinski definition) is 0. The van der Waals surface area contributed by atoms with Crippen molar-refractivity contribution in [2.75, 3.05) is 161 Å². The van der Waals surface area contributed by atoms with Crippen LogP contribution in [0.2, 0.25) is 0 Å². The summed E-state index contributed by atoms with van der Waals surface area (Å²) in [6, 6.07) is 12.5. The fraction of sp³-hybridized carbons (Fsp3) is 0.500. The molecule has 0 aliphatic heterocycles. The number of benzene rings is 4. The van der Waals surface area contributed by atoms with Crippen molar-refractivity contribution in [3.63, 3.8) is 0 Å². The molecular weight excluding hydrogens is 769 g/mol. The van der Waals surface area contributed by atoms with Crippen molar-refractivity contribution in [1.82, 2.24) is 0 Å². The van der Waals surface area contributed by atoms with Gasteiger partial charge in [0.05, 0.1) is 106 Å². The predicted molar refractivity (Wildman–Crippen MR) is 232 cm³/mol. The molecule has 0 N–H and O–H groups in total. The highest BCUT2D eigenvalue weighted by Gasteiger charge is 2.17. The molecule has 322 valence electrons. The first-order chi connectivity index (χ1) is 29.7. The van der Waals surface area contributed by atoms with E-state index in [2.05, 4.69) is 71.6 Å². The third-order valence-electron chi connectivity index (χ3n) is 8.70. The topological polar surface area (TPSA) is 111 Å². The summed E-state index contributed by atoms with van der Waals surface area (Å²) < 4.78 is 65.1. The van der Waals surface area contributed by atoms with Crippen molar-refractivity contribution in [3.05, 3.63) is 58.7 Å². The first kappa shape index (κ1) is 48.3. The van der Waals surface area contributed by atoms with Crippen LogP contribution in [0.15, 0.2) is 36.4 Å². The Kier molecular flexibility index (Phi) is 24.7. The Balaban J connectivity index is 1.69. The molecule has 0 unspecified atom stereocenters. The molecule has 0 saturated carbocycles. The maximum atomic E-state index is 5.75. The second-order valence-electron chi connectivity index (χ2n) is 12.9. The molecule has 0 spiro atoms. The smallest absolute Gasteiger partial charge is 0.108 e. The van der Waals surface area contributed by atoms with Crippen LogP contribution in [0.3, 0.4) is 0 Å². The molecule has 0 radical (unpaired) electrons. The molecule has 4 aromatic rings. The standard InChI is InChI=1S/C48H58O12/c1-49-21-25-57-33-29-53-17-5-9-39-37-40(10-6-18-54-30-34-58-26-22-50-2)44-15-16-46-42(12-8-20-56-32-36-60-28-24-52-4)38-41(45-14-13-43(39)47(44)48(45)46)11-7-19-55-31-35-59-27-23-51-3/h13-16,37-38H,17-36H2,1-4H3. The largest absolute Gasteiger partial charge is 0.382 e. The zero-order valence-electron chi connectivity index (χ0n) is 35.5. The van der Waals surface area contributed by atoms with Crippen molar-refractivity contribution < 1.29 is 56.8 Å². The van der Waals surface area contributed by atoms with Gasteiger partial charge in [0.2, 0.25) is 0 Å². The zero-order valence-corrected chi connectivity index (χ0v) is 35.5. The maximum absolute atomic E-state index is 5.75. The third kappa shape index (κ3) is 17.0. The molecule has 0 amide bonds. The van der Waals surface area contributed by atoms with Crippen LogP contribution in [0.25, 0.3) is 32.3 Å². The lowest BCUT2D eigenvalue weighted by molar-refractivity contribution is 0.0324. The van der Waals surface area contributed by atoms with Gasteiger partial charge in [-0.3, -0.25) is 0 Å². The maximum Gasteiger partial charge on any atom is 0.108 e. The van der Waals surface area contributed by atoms with Gasteiger partial charge in [-0.15, -0.1) is 0 Å². The van der Waals surface area contributed by atoms with E-state index in [4.69, 9.17) is 56.8 Å². The molecule has 0 aliphatic carbocycles. The van der Waals surface area contributed by atoms with E-state index in [9.17, 15) is 0 Å². The van der Waals surface area contributed by atoms with Crippen molar-refractivity contribution in [2.45, 2.75) is 0 Å². The minimum absolute atomic E-state index is 0.249. The van der Waals surface area contributed by atoms with Crippen molar-refractivity contribution in [1.29, 1.82) is 0 Å². The molecular formula is C48H58O12. The number of rotatable bonds is 28. The second kappa shape index (κ2) is 30.7. The average molecular weight is 827 g/mol. The molecule has 4 rings (SSSR count). The van der Waals surface area contributed by atoms with Gasteiger partial charge >= 0.3 is 0 Å². The zero-order chi connectivity index (χ0) is 42.3. The Bertz CT molecular complexity index is 1800. The SMILES string of the molecule is COCCOCCOCC#Cc1cc(C#CCOCCOCCOC)c2ccc3c(C#CCOCCOCCOC)cc(C#CCOCCOCCOC)c4ccc1c2c43. The Morgan fingerprint density at radius 3 is 0.750 bits per heavy atom. The fourth-order valence-electron chi connectivity index (χ4n) is 5.87. The molecule has 0 heterocycles. The van der Waals surface area contributed by atoms with E-state index in [0.29, 0.717) is 106 Å². The molecule has 60 heavy (non-hydrogen) atoms. The van der Waals surface area contributed by atoms with E-state index in [1.807, 2.05) is 12.1 Å². The lowest BCUT2D eigenvalue weighted by Crippen LogP contribution is -2.08. The van der Waals surface area contributed by atoms with E-state index in [1.165, 1.54) is 0 Å². The van der Waals surface area contributed by atoms with Crippen LogP contribution in [0.5, 0.6) is 0 Å². The van der Waals surface area contributed by atoms with Gasteiger partial charge < -0.3 is 56.8 Å². The normalized spacial score (nSPS) is 10.9. The summed E-state index contributed by atoms with van der Waals surface area (Å²) in [4.78, 5) is 0. The first-order valence-electron chi connectivity index (χ1n) is 20.0. The highest BCUT2D eigenvalue weighted by Crippen LogP contribution is 2.40. The van der Waals surface area contributed by atoms with Gasteiger partial charge in [0.1, 0.15) is 26.4 Å². The number of methoxy groups -OCH3 is 4. The van der Waals surface area contributed by atoms with Gasteiger partial charge in [-0.05, 0) is 44.5 Å². The van der Waals surface area contributed by atoms with Crippen molar-refractivity contribution in [3.8, 4) is 47.4 Å². The molecule has 4 aromatic carbocycles. The average Bonchev–Trinajstić information content (AvgIpc) is 3.26. The molecule has 0 bridgehead atoms. The molecule has 12 heteroatoms. The fourth-order valence-corrected chi connectivity index (χ4v) is 5.87. The summed E-state index contributed by atoms with van der Waals surface area (Å²) in [7, 11) is 6.58. The molecule has 0 aromatic heterocycles. The summed E-state index contributed by atoms with van der Waals surface area (Å²) in [6.45, 7) is 8.80. The van der Waals surface area contributed by atoms with Gasteiger partial charge in [0.25, 0.3) is 0 Å². The number of hydrogen-bond acceptors (Lipinski definition) is 12. The summed E-state index contributed by atoms with van der Waals surface area (Å²) in [6.07, 6.45) is 0. The summed E-state index contributed by atoms with van der Waals surface area (Å²) >= 11 is 0. The predicted octanol–water partition coefficient (Wildman–Crippen LogP) is 4.71. The van der Waals surface area contributed by atoms with Gasteiger partial charge in [-0.25, -0.2) is 0 Å². The minimum Gasteiger partial charge on any atom is -0.382 e. The van der Waals surface area contributed by atoms with Gasteiger partial charge in [-0.2, -0.15) is 0 Å². The third-order valence-corrected chi connectivity index (χ3v) is 8.70. The van der Waals surface area contributed by atoms with Gasteiger partial charge in [-0.1, -0.05) is 71.6 Å². The second-order valence-corrected chi connectivity index (χ2v) is 12.9. The van der Waals surface area contributed by atoms with Crippen LogP contribution >= 0.6 is 0 Å². The van der Waals surface area contributed by atoms with Gasteiger partial charge in [0, 0.05) is 50.7 Å². The summed E-state index contributed by atoms with van der Waals surface area (Å²) in [5.41, 5.74) is 3.33. The quantitative estimate of drug-likeness (QED) is 0.0450. The summed E-state index contributed by atoms with van der Waals surface area (Å²) in [5.74, 6) is 26.3. The first-order valence-corrected chi connectivity index (χ1v) is 20.0. The van der Waals surface area contributed by atoms with Crippen LogP contribution in [-0.2, 0) is 56.8 Å². The van der Waals surface area contributed by atoms with Crippen LogP contribution in [0.1, 0.15) is 22.3 Å². The van der Waals surface area contributed by atoms with Crippen LogP contribution < -0.4 is 0 Å². The van der Waals surface area contributed by atoms with E-state index in [0.717, 1.165) is 54.6 Å². The highest BCUT2D eigenvalue weighted by atomic mass is 16.6. The van der Waals surface area contributed by atoms with Crippen molar-refractivity contribution in [2.24, 2.45) is 0 Å². The van der Waals surface area contributed by atoms with Crippen molar-refractivity contribution >= 4 is 32.3 Å². The Labute approximate surface area is 354 Å². The molecule has 0 fully saturated rings. The monoisotopic (exact) mass is 826 g/mol. The molecule has 0 atom stereocenters. The lowest BCUT2D eigenvalue weighted by Gasteiger charge is -2.16. The summed E-state index contributed by atoms with van der Waals surface area (Å²) in [5, 5.41) is 6.03. The van der Waals surface area contributed by atoms with E-state index >= 15 is 0 Å². The Morgan fingerprint density at radius 1 is 0.300 bits per heavy atom. The molecule has 0 saturated heterocycles. The van der Waals surface area contributed by atoms with Crippen LogP contribution in [0.4, 0.5) is 0 Å². The highest BCUT2D eigenvalue weighted by molar-refractivity contribution is 6.26. The van der Waals surface area contributed by atoms with E-state index < -0.39 is 0 Å². The van der Waals surface area contributed by atoms with Crippen LogP contribution in [-0.4, -0.2) is 161 Å². The number of ether oxygens (including phenoxy) is 12. The Morgan fingerprint density at radius 2 is 0.517 bits per heavy atom. The van der Waals surface area contributed by atoms with Crippen LogP contribution in [0, 0.1) is 47.4 Å². The minimum atomic E-state index is 0.249. The molecule has 0 aliphatic rings. The van der Waals surface area contributed by atoms with E-state index in [-0.39, 0.29) is 26.4 Å². The lowest BCUT2D eigenvalue weighted by atomic mass is 9.86. The Hall–Kier alpha value is -4.32.